The molecule has 2 atom stereocenters. The van der Waals surface area contributed by atoms with E-state index in [9.17, 15) is 0 Å². The van der Waals surface area contributed by atoms with E-state index in [-0.39, 0.29) is 0 Å². The van der Waals surface area contributed by atoms with Crippen molar-refractivity contribution < 1.29 is 0 Å². The van der Waals surface area contributed by atoms with Crippen LogP contribution < -0.4 is 10.6 Å². The Morgan fingerprint density at radius 2 is 2.19 bits per heavy atom. The van der Waals surface area contributed by atoms with Crippen LogP contribution in [0.5, 0.6) is 0 Å². The van der Waals surface area contributed by atoms with Crippen molar-refractivity contribution in [3.05, 3.63) is 34.3 Å². The molecule has 1 saturated heterocycles. The Labute approximate surface area is 106 Å². The second-order valence-electron chi connectivity index (χ2n) is 4.34. The summed E-state index contributed by atoms with van der Waals surface area (Å²) in [6.07, 6.45) is 3.90. The summed E-state index contributed by atoms with van der Waals surface area (Å²) in [5.74, 6) is 0. The summed E-state index contributed by atoms with van der Waals surface area (Å²) in [5, 5.41) is 7.05. The highest BCUT2D eigenvalue weighted by atomic mass is 79.9. The number of benzene rings is 1. The maximum absolute atomic E-state index is 3.64. The van der Waals surface area contributed by atoms with Gasteiger partial charge in [0.1, 0.15) is 0 Å². The fourth-order valence-corrected chi connectivity index (χ4v) is 3.00. The number of hydrogen-bond acceptors (Lipinski definition) is 2. The normalized spacial score (nSPS) is 23.0. The number of halogens is 1. The highest BCUT2D eigenvalue weighted by molar-refractivity contribution is 9.10. The van der Waals surface area contributed by atoms with Crippen LogP contribution in [0.15, 0.2) is 28.7 Å². The lowest BCUT2D eigenvalue weighted by molar-refractivity contribution is 0.326. The molecule has 0 bridgehead atoms. The van der Waals surface area contributed by atoms with Crippen LogP contribution in [0.1, 0.15) is 30.9 Å². The molecule has 0 spiro atoms. The van der Waals surface area contributed by atoms with E-state index in [0.29, 0.717) is 12.1 Å². The predicted octanol–water partition coefficient (Wildman–Crippen LogP) is 2.85. The quantitative estimate of drug-likeness (QED) is 0.891. The maximum atomic E-state index is 3.64. The zero-order valence-corrected chi connectivity index (χ0v) is 11.3. The van der Waals surface area contributed by atoms with Gasteiger partial charge in [-0.05, 0) is 38.1 Å². The van der Waals surface area contributed by atoms with Crippen molar-refractivity contribution in [1.82, 2.24) is 10.6 Å². The second-order valence-corrected chi connectivity index (χ2v) is 5.20. The van der Waals surface area contributed by atoms with Crippen LogP contribution in [-0.2, 0) is 0 Å². The molecule has 16 heavy (non-hydrogen) atoms. The van der Waals surface area contributed by atoms with Gasteiger partial charge < -0.3 is 10.6 Å². The van der Waals surface area contributed by atoms with Gasteiger partial charge >= 0.3 is 0 Å². The largest absolute Gasteiger partial charge is 0.312 e. The molecule has 2 unspecified atom stereocenters. The van der Waals surface area contributed by atoms with Gasteiger partial charge in [-0.15, -0.1) is 0 Å². The van der Waals surface area contributed by atoms with Crippen LogP contribution in [0.2, 0.25) is 0 Å². The monoisotopic (exact) mass is 282 g/mol. The average Bonchev–Trinajstić information content (AvgIpc) is 2.34. The summed E-state index contributed by atoms with van der Waals surface area (Å²) >= 11 is 3.64. The third kappa shape index (κ3) is 2.65. The highest BCUT2D eigenvalue weighted by Crippen LogP contribution is 2.28. The van der Waals surface area contributed by atoms with Crippen molar-refractivity contribution in [2.45, 2.75) is 31.3 Å². The molecule has 2 rings (SSSR count). The molecule has 1 aromatic rings. The smallest absolute Gasteiger partial charge is 0.0484 e. The minimum atomic E-state index is 0.399. The number of piperidine rings is 1. The minimum Gasteiger partial charge on any atom is -0.312 e. The van der Waals surface area contributed by atoms with Gasteiger partial charge in [0.05, 0.1) is 0 Å². The van der Waals surface area contributed by atoms with Crippen molar-refractivity contribution >= 4 is 15.9 Å². The fourth-order valence-electron chi connectivity index (χ4n) is 2.46. The number of hydrogen-bond donors (Lipinski definition) is 2. The van der Waals surface area contributed by atoms with Crippen LogP contribution >= 0.6 is 15.9 Å². The lowest BCUT2D eigenvalue weighted by atomic mass is 9.93. The molecule has 1 fully saturated rings. The van der Waals surface area contributed by atoms with Gasteiger partial charge in [0.2, 0.25) is 0 Å². The third-order valence-corrected chi connectivity index (χ3v) is 4.02. The Bertz CT molecular complexity index is 334. The van der Waals surface area contributed by atoms with E-state index in [4.69, 9.17) is 0 Å². The molecule has 88 valence electrons. The Morgan fingerprint density at radius 3 is 2.81 bits per heavy atom. The molecule has 1 aliphatic heterocycles. The van der Waals surface area contributed by atoms with Crippen molar-refractivity contribution in [2.75, 3.05) is 13.6 Å². The van der Waals surface area contributed by atoms with Gasteiger partial charge in [-0.25, -0.2) is 0 Å². The molecule has 0 aromatic heterocycles. The average molecular weight is 283 g/mol. The summed E-state index contributed by atoms with van der Waals surface area (Å²) in [7, 11) is 2.04. The molecule has 0 radical (unpaired) electrons. The molecular formula is C13H19BrN2. The van der Waals surface area contributed by atoms with Gasteiger partial charge in [-0.2, -0.15) is 0 Å². The minimum absolute atomic E-state index is 0.399. The van der Waals surface area contributed by atoms with E-state index in [0.717, 1.165) is 6.54 Å². The van der Waals surface area contributed by atoms with E-state index in [2.05, 4.69) is 50.8 Å². The molecule has 0 saturated carbocycles. The molecular weight excluding hydrogens is 264 g/mol. The molecule has 1 aliphatic rings. The second kappa shape index (κ2) is 5.80. The molecule has 0 amide bonds. The van der Waals surface area contributed by atoms with Gasteiger partial charge in [-0.1, -0.05) is 40.5 Å². The van der Waals surface area contributed by atoms with Crippen LogP contribution in [0.4, 0.5) is 0 Å². The molecule has 2 N–H and O–H groups in total. The standard InChI is InChI=1S/C13H19BrN2/c1-15-13(12-8-4-5-9-16-12)10-6-2-3-7-11(10)14/h2-3,6-7,12-13,15-16H,4-5,8-9H2,1H3. The van der Waals surface area contributed by atoms with E-state index < -0.39 is 0 Å². The van der Waals surface area contributed by atoms with Crippen LogP contribution in [-0.4, -0.2) is 19.6 Å². The maximum Gasteiger partial charge on any atom is 0.0484 e. The molecule has 2 nitrogen and oxygen atoms in total. The first-order valence-electron chi connectivity index (χ1n) is 5.98. The zero-order chi connectivity index (χ0) is 11.4. The summed E-state index contributed by atoms with van der Waals surface area (Å²) in [4.78, 5) is 0. The highest BCUT2D eigenvalue weighted by Gasteiger charge is 2.24. The van der Waals surface area contributed by atoms with E-state index >= 15 is 0 Å². The number of likely N-dealkylation sites (N-methyl/N-ethyl adjacent to an activating group) is 1. The van der Waals surface area contributed by atoms with E-state index in [1.54, 1.807) is 0 Å². The van der Waals surface area contributed by atoms with E-state index in [1.165, 1.54) is 29.3 Å². The number of rotatable bonds is 3. The summed E-state index contributed by atoms with van der Waals surface area (Å²) in [6, 6.07) is 9.43. The Hall–Kier alpha value is -0.380. The van der Waals surface area contributed by atoms with Crippen LogP contribution in [0.25, 0.3) is 0 Å². The van der Waals surface area contributed by atoms with Crippen molar-refractivity contribution in [1.29, 1.82) is 0 Å². The van der Waals surface area contributed by atoms with Gasteiger partial charge in [-0.3, -0.25) is 0 Å². The molecule has 1 aromatic carbocycles. The molecule has 3 heteroatoms. The van der Waals surface area contributed by atoms with Crippen LogP contribution in [0, 0.1) is 0 Å². The van der Waals surface area contributed by atoms with Crippen molar-refractivity contribution in [2.24, 2.45) is 0 Å². The van der Waals surface area contributed by atoms with Gasteiger partial charge in [0, 0.05) is 16.6 Å². The third-order valence-electron chi connectivity index (χ3n) is 3.30. The van der Waals surface area contributed by atoms with Gasteiger partial charge in [0.25, 0.3) is 0 Å². The zero-order valence-electron chi connectivity index (χ0n) is 9.67. The Balaban J connectivity index is 2.18. The predicted molar refractivity (Wildman–Crippen MR) is 71.6 cm³/mol. The SMILES string of the molecule is CNC(c1ccccc1Br)C1CCCCN1. The first-order valence-corrected chi connectivity index (χ1v) is 6.77. The first-order chi connectivity index (χ1) is 7.83. The van der Waals surface area contributed by atoms with Crippen molar-refractivity contribution in [3.63, 3.8) is 0 Å². The summed E-state index contributed by atoms with van der Waals surface area (Å²) in [6.45, 7) is 1.15. The number of nitrogens with one attached hydrogen (secondary N) is 2. The fraction of sp³-hybridized carbons (Fsp3) is 0.538. The Kier molecular flexibility index (Phi) is 4.38. The summed E-state index contributed by atoms with van der Waals surface area (Å²) < 4.78 is 1.20. The topological polar surface area (TPSA) is 24.1 Å². The van der Waals surface area contributed by atoms with Crippen LogP contribution in [0.3, 0.4) is 0 Å². The van der Waals surface area contributed by atoms with Gasteiger partial charge in [0.15, 0.2) is 0 Å². The first kappa shape index (κ1) is 12.1. The lowest BCUT2D eigenvalue weighted by Gasteiger charge is -2.32. The summed E-state index contributed by atoms with van der Waals surface area (Å²) in [5.41, 5.74) is 1.35. The Morgan fingerprint density at radius 1 is 1.38 bits per heavy atom. The van der Waals surface area contributed by atoms with E-state index in [1.807, 2.05) is 7.05 Å². The lowest BCUT2D eigenvalue weighted by Crippen LogP contribution is -2.43. The molecule has 0 aliphatic carbocycles. The molecule has 1 heterocycles. The van der Waals surface area contributed by atoms with Crippen molar-refractivity contribution in [3.8, 4) is 0 Å².